The fraction of sp³-hybridized carbons (Fsp3) is 0.273. The zero-order chi connectivity index (χ0) is 30.4. The van der Waals surface area contributed by atoms with E-state index in [1.165, 1.54) is 7.11 Å². The number of aromatic nitrogens is 1. The van der Waals surface area contributed by atoms with E-state index in [1.54, 1.807) is 37.4 Å². The molecule has 0 spiro atoms. The number of nitriles is 1. The van der Waals surface area contributed by atoms with E-state index in [0.717, 1.165) is 22.4 Å². The Hall–Kier alpha value is -5.10. The highest BCUT2D eigenvalue weighted by molar-refractivity contribution is 6.07. The van der Waals surface area contributed by atoms with Gasteiger partial charge in [-0.25, -0.2) is 0 Å². The third-order valence-corrected chi connectivity index (χ3v) is 6.86. The fourth-order valence-electron chi connectivity index (χ4n) is 4.45. The van der Waals surface area contributed by atoms with Crippen LogP contribution in [0.4, 0.5) is 5.69 Å². The topological polar surface area (TPSA) is 126 Å². The van der Waals surface area contributed by atoms with Crippen LogP contribution in [0, 0.1) is 18.3 Å². The molecule has 9 heteroatoms. The molecule has 3 aromatic carbocycles. The van der Waals surface area contributed by atoms with Gasteiger partial charge in [-0.2, -0.15) is 5.26 Å². The molecule has 9 nitrogen and oxygen atoms in total. The van der Waals surface area contributed by atoms with Gasteiger partial charge < -0.3 is 24.6 Å². The maximum atomic E-state index is 13.4. The number of hydrogen-bond donors (Lipinski definition) is 2. The van der Waals surface area contributed by atoms with Gasteiger partial charge in [0.05, 0.1) is 25.3 Å². The Morgan fingerprint density at radius 2 is 1.79 bits per heavy atom. The summed E-state index contributed by atoms with van der Waals surface area (Å²) in [6, 6.07) is 20.2. The number of hydrogen-bond acceptors (Lipinski definition) is 7. The molecule has 2 amide bonds. The van der Waals surface area contributed by atoms with Gasteiger partial charge in [0.2, 0.25) is 5.76 Å². The Balaban J connectivity index is 1.50. The molecular formula is C33H34N4O5. The molecule has 1 heterocycles. The Morgan fingerprint density at radius 1 is 1.00 bits per heavy atom. The first-order valence-electron chi connectivity index (χ1n) is 13.5. The number of methoxy groups -OCH3 is 2. The van der Waals surface area contributed by atoms with Crippen LogP contribution < -0.4 is 20.1 Å². The second-order valence-corrected chi connectivity index (χ2v) is 10.9. The number of rotatable bonds is 9. The third-order valence-electron chi connectivity index (χ3n) is 6.86. The van der Waals surface area contributed by atoms with Crippen LogP contribution >= 0.6 is 0 Å². The van der Waals surface area contributed by atoms with Gasteiger partial charge in [0.15, 0.2) is 0 Å². The Bertz CT molecular complexity index is 1660. The normalized spacial score (nSPS) is 11.0. The minimum Gasteiger partial charge on any atom is -0.497 e. The SMILES string of the molecule is COc1cccc(CCNC(=O)c2cc(-c3cc(NC(=O)c4cc(C(C)(C)C)cc(C#N)c4OC)ccc3C)no2)c1. The van der Waals surface area contributed by atoms with Gasteiger partial charge in [-0.05, 0) is 71.8 Å². The maximum Gasteiger partial charge on any atom is 0.289 e. The van der Waals surface area contributed by atoms with E-state index < -0.39 is 5.91 Å². The van der Waals surface area contributed by atoms with Crippen LogP contribution in [0.5, 0.6) is 11.5 Å². The summed E-state index contributed by atoms with van der Waals surface area (Å²) >= 11 is 0. The molecule has 0 aliphatic rings. The number of carbonyl (C=O) groups is 2. The summed E-state index contributed by atoms with van der Waals surface area (Å²) in [6.45, 7) is 8.35. The standard InChI is InChI=1S/C33H34N4O5/c1-20-10-11-24(36-31(38)27-16-23(33(2,3)4)15-22(19-34)30(27)41-6)17-26(20)28-18-29(42-37-28)32(39)35-13-12-21-8-7-9-25(14-21)40-5/h7-11,14-18H,12-13H2,1-6H3,(H,35,39)(H,36,38). The molecule has 4 aromatic rings. The lowest BCUT2D eigenvalue weighted by molar-refractivity contribution is 0.0916. The molecule has 216 valence electrons. The Kier molecular flexibility index (Phi) is 8.96. The van der Waals surface area contributed by atoms with Crippen LogP contribution in [0.15, 0.2) is 65.2 Å². The summed E-state index contributed by atoms with van der Waals surface area (Å²) in [7, 11) is 3.05. The molecule has 42 heavy (non-hydrogen) atoms. The first-order valence-corrected chi connectivity index (χ1v) is 13.5. The van der Waals surface area contributed by atoms with E-state index in [2.05, 4.69) is 21.9 Å². The molecule has 0 bridgehead atoms. The lowest BCUT2D eigenvalue weighted by Gasteiger charge is -2.22. The van der Waals surface area contributed by atoms with E-state index in [9.17, 15) is 14.9 Å². The molecule has 0 aliphatic carbocycles. The van der Waals surface area contributed by atoms with Crippen molar-refractivity contribution in [1.82, 2.24) is 10.5 Å². The Labute approximate surface area is 245 Å². The molecule has 0 saturated carbocycles. The third kappa shape index (κ3) is 6.78. The summed E-state index contributed by atoms with van der Waals surface area (Å²) < 4.78 is 16.0. The molecule has 4 rings (SSSR count). The Morgan fingerprint density at radius 3 is 2.48 bits per heavy atom. The lowest BCUT2D eigenvalue weighted by atomic mass is 9.84. The first-order chi connectivity index (χ1) is 20.0. The number of amides is 2. The minimum absolute atomic E-state index is 0.0808. The van der Waals surface area contributed by atoms with Gasteiger partial charge in [-0.15, -0.1) is 0 Å². The largest absolute Gasteiger partial charge is 0.497 e. The van der Waals surface area contributed by atoms with Crippen molar-refractivity contribution < 1.29 is 23.6 Å². The van der Waals surface area contributed by atoms with Gasteiger partial charge >= 0.3 is 0 Å². The predicted molar refractivity (Wildman–Crippen MR) is 160 cm³/mol. The number of nitrogens with zero attached hydrogens (tertiary/aromatic N) is 2. The summed E-state index contributed by atoms with van der Waals surface area (Å²) in [4.78, 5) is 26.1. The average molecular weight is 567 g/mol. The molecule has 0 fully saturated rings. The number of carbonyl (C=O) groups excluding carboxylic acids is 2. The second kappa shape index (κ2) is 12.6. The van der Waals surface area contributed by atoms with Gasteiger partial charge in [-0.1, -0.05) is 44.1 Å². The highest BCUT2D eigenvalue weighted by atomic mass is 16.5. The number of anilines is 1. The highest BCUT2D eigenvalue weighted by Crippen LogP contribution is 2.33. The monoisotopic (exact) mass is 566 g/mol. The number of benzene rings is 3. The molecule has 0 unspecified atom stereocenters. The smallest absolute Gasteiger partial charge is 0.289 e. The van der Waals surface area contributed by atoms with Crippen molar-refractivity contribution in [2.75, 3.05) is 26.1 Å². The quantitative estimate of drug-likeness (QED) is 0.252. The van der Waals surface area contributed by atoms with Crippen LogP contribution in [0.2, 0.25) is 0 Å². The first kappa shape index (κ1) is 29.9. The van der Waals surface area contributed by atoms with Gasteiger partial charge in [0.25, 0.3) is 11.8 Å². The number of ether oxygens (including phenoxy) is 2. The molecule has 2 N–H and O–H groups in total. The molecule has 0 radical (unpaired) electrons. The summed E-state index contributed by atoms with van der Waals surface area (Å²) in [6.07, 6.45) is 0.629. The predicted octanol–water partition coefficient (Wildman–Crippen LogP) is 6.06. The summed E-state index contributed by atoms with van der Waals surface area (Å²) in [5, 5.41) is 19.5. The van der Waals surface area contributed by atoms with Crippen molar-refractivity contribution in [2.24, 2.45) is 0 Å². The molecular weight excluding hydrogens is 532 g/mol. The zero-order valence-electron chi connectivity index (χ0n) is 24.6. The summed E-state index contributed by atoms with van der Waals surface area (Å²) in [5.74, 6) is 0.265. The molecule has 1 aromatic heterocycles. The van der Waals surface area contributed by atoms with Crippen molar-refractivity contribution in [2.45, 2.75) is 39.5 Å². The average Bonchev–Trinajstić information content (AvgIpc) is 3.47. The van der Waals surface area contributed by atoms with Crippen LogP contribution in [0.25, 0.3) is 11.3 Å². The minimum atomic E-state index is -0.416. The molecule has 0 saturated heterocycles. The van der Waals surface area contributed by atoms with E-state index in [4.69, 9.17) is 14.0 Å². The van der Waals surface area contributed by atoms with Crippen LogP contribution in [-0.2, 0) is 11.8 Å². The van der Waals surface area contributed by atoms with E-state index >= 15 is 0 Å². The van der Waals surface area contributed by atoms with Crippen LogP contribution in [0.3, 0.4) is 0 Å². The number of nitrogens with one attached hydrogen (secondary N) is 2. The van der Waals surface area contributed by atoms with Crippen LogP contribution in [0.1, 0.15) is 63.9 Å². The molecule has 0 atom stereocenters. The van der Waals surface area contributed by atoms with Crippen molar-refractivity contribution in [3.05, 3.63) is 94.2 Å². The molecule has 0 aliphatic heterocycles. The van der Waals surface area contributed by atoms with Crippen molar-refractivity contribution in [3.63, 3.8) is 0 Å². The van der Waals surface area contributed by atoms with Crippen molar-refractivity contribution >= 4 is 17.5 Å². The number of aryl methyl sites for hydroxylation is 1. The van der Waals surface area contributed by atoms with E-state index in [-0.39, 0.29) is 34.0 Å². The maximum absolute atomic E-state index is 13.4. The lowest BCUT2D eigenvalue weighted by Crippen LogP contribution is -2.25. The second-order valence-electron chi connectivity index (χ2n) is 10.9. The van der Waals surface area contributed by atoms with Gasteiger partial charge in [-0.3, -0.25) is 9.59 Å². The van der Waals surface area contributed by atoms with E-state index in [0.29, 0.717) is 29.9 Å². The van der Waals surface area contributed by atoms with Gasteiger partial charge in [0.1, 0.15) is 23.3 Å². The summed E-state index contributed by atoms with van der Waals surface area (Å²) in [5.41, 5.74) is 4.69. The van der Waals surface area contributed by atoms with Crippen molar-refractivity contribution in [1.29, 1.82) is 5.26 Å². The fourth-order valence-corrected chi connectivity index (χ4v) is 4.45. The van der Waals surface area contributed by atoms with Gasteiger partial charge in [0, 0.05) is 23.9 Å². The zero-order valence-corrected chi connectivity index (χ0v) is 24.6. The van der Waals surface area contributed by atoms with E-state index in [1.807, 2.05) is 58.0 Å². The highest BCUT2D eigenvalue weighted by Gasteiger charge is 2.23. The van der Waals surface area contributed by atoms with Crippen LogP contribution in [-0.4, -0.2) is 37.7 Å². The van der Waals surface area contributed by atoms with Crippen molar-refractivity contribution in [3.8, 4) is 28.8 Å².